The third kappa shape index (κ3) is 4.53. The number of rotatable bonds is 7. The Morgan fingerprint density at radius 3 is 2.32 bits per heavy atom. The number of carboxylic acids is 1. The third-order valence-electron chi connectivity index (χ3n) is 2.72. The number of carbonyl (C=O) groups is 1. The Balaban J connectivity index is 2.79. The molecule has 1 aromatic carbocycles. The summed E-state index contributed by atoms with van der Waals surface area (Å²) in [5, 5.41) is 11.8. The van der Waals surface area contributed by atoms with E-state index in [1.807, 2.05) is 6.92 Å². The zero-order chi connectivity index (χ0) is 14.5. The van der Waals surface area contributed by atoms with Crippen LogP contribution in [0.3, 0.4) is 0 Å². The third-order valence-corrected chi connectivity index (χ3v) is 4.15. The smallest absolute Gasteiger partial charge is 0.305 e. The summed E-state index contributed by atoms with van der Waals surface area (Å²) >= 11 is 0. The summed E-state index contributed by atoms with van der Waals surface area (Å²) in [5.74, 6) is -0.867. The lowest BCUT2D eigenvalue weighted by molar-refractivity contribution is -0.137. The number of benzene rings is 1. The zero-order valence-corrected chi connectivity index (χ0v) is 11.7. The molecule has 1 atom stereocenters. The highest BCUT2D eigenvalue weighted by Gasteiger charge is 2.13. The minimum Gasteiger partial charge on any atom is -0.481 e. The SMILES string of the molecule is CCC(CC(=O)O)Nc1ccc(S(=O)(=O)NC)cc1. The van der Waals surface area contributed by atoms with Crippen LogP contribution < -0.4 is 10.0 Å². The van der Waals surface area contributed by atoms with Gasteiger partial charge in [0.15, 0.2) is 0 Å². The number of aliphatic carboxylic acids is 1. The van der Waals surface area contributed by atoms with E-state index in [9.17, 15) is 13.2 Å². The molecule has 7 heteroatoms. The van der Waals surface area contributed by atoms with Gasteiger partial charge in [-0.25, -0.2) is 13.1 Å². The van der Waals surface area contributed by atoms with Gasteiger partial charge in [-0.2, -0.15) is 0 Å². The molecule has 0 saturated carbocycles. The second kappa shape index (κ2) is 6.53. The van der Waals surface area contributed by atoms with Crippen molar-refractivity contribution in [2.24, 2.45) is 0 Å². The van der Waals surface area contributed by atoms with E-state index in [-0.39, 0.29) is 17.4 Å². The lowest BCUT2D eigenvalue weighted by Crippen LogP contribution is -2.22. The highest BCUT2D eigenvalue weighted by molar-refractivity contribution is 7.89. The number of hydrogen-bond donors (Lipinski definition) is 3. The fraction of sp³-hybridized carbons (Fsp3) is 0.417. The van der Waals surface area contributed by atoms with Crippen LogP contribution in [-0.2, 0) is 14.8 Å². The van der Waals surface area contributed by atoms with Gasteiger partial charge in [0, 0.05) is 11.7 Å². The van der Waals surface area contributed by atoms with Gasteiger partial charge < -0.3 is 10.4 Å². The second-order valence-corrected chi connectivity index (χ2v) is 5.97. The van der Waals surface area contributed by atoms with Crippen LogP contribution in [-0.4, -0.2) is 32.6 Å². The van der Waals surface area contributed by atoms with Crippen LogP contribution in [0, 0.1) is 0 Å². The minimum atomic E-state index is -3.44. The molecule has 0 aliphatic rings. The average Bonchev–Trinajstić information content (AvgIpc) is 2.38. The van der Waals surface area contributed by atoms with E-state index in [2.05, 4.69) is 10.0 Å². The molecule has 6 nitrogen and oxygen atoms in total. The highest BCUT2D eigenvalue weighted by atomic mass is 32.2. The lowest BCUT2D eigenvalue weighted by atomic mass is 10.1. The number of anilines is 1. The van der Waals surface area contributed by atoms with Crippen LogP contribution in [0.15, 0.2) is 29.2 Å². The summed E-state index contributed by atoms with van der Waals surface area (Å²) in [6, 6.07) is 6.01. The molecule has 0 bridgehead atoms. The molecule has 0 saturated heterocycles. The Hall–Kier alpha value is -1.60. The van der Waals surface area contributed by atoms with Crippen LogP contribution >= 0.6 is 0 Å². The van der Waals surface area contributed by atoms with E-state index in [0.717, 1.165) is 0 Å². The quantitative estimate of drug-likeness (QED) is 0.701. The van der Waals surface area contributed by atoms with Gasteiger partial charge >= 0.3 is 5.97 Å². The molecule has 0 aliphatic carbocycles. The molecule has 0 aliphatic heterocycles. The van der Waals surface area contributed by atoms with Crippen molar-refractivity contribution in [2.75, 3.05) is 12.4 Å². The van der Waals surface area contributed by atoms with Crippen molar-refractivity contribution in [1.82, 2.24) is 4.72 Å². The largest absolute Gasteiger partial charge is 0.481 e. The summed E-state index contributed by atoms with van der Waals surface area (Å²) < 4.78 is 25.3. The zero-order valence-electron chi connectivity index (χ0n) is 10.9. The van der Waals surface area contributed by atoms with Crippen molar-refractivity contribution in [1.29, 1.82) is 0 Å². The van der Waals surface area contributed by atoms with Crippen molar-refractivity contribution in [3.05, 3.63) is 24.3 Å². The topological polar surface area (TPSA) is 95.5 Å². The number of sulfonamides is 1. The molecule has 0 amide bonds. The maximum absolute atomic E-state index is 11.5. The van der Waals surface area contributed by atoms with E-state index < -0.39 is 16.0 Å². The first-order valence-electron chi connectivity index (χ1n) is 5.91. The molecule has 1 unspecified atom stereocenters. The average molecular weight is 286 g/mol. The van der Waals surface area contributed by atoms with Gasteiger partial charge in [0.1, 0.15) is 0 Å². The minimum absolute atomic E-state index is 0.0209. The number of nitrogens with one attached hydrogen (secondary N) is 2. The fourth-order valence-electron chi connectivity index (χ4n) is 1.59. The maximum atomic E-state index is 11.5. The van der Waals surface area contributed by atoms with Crippen molar-refractivity contribution >= 4 is 21.7 Å². The first kappa shape index (κ1) is 15.5. The van der Waals surface area contributed by atoms with E-state index in [1.165, 1.54) is 19.2 Å². The van der Waals surface area contributed by atoms with Crippen molar-refractivity contribution in [3.63, 3.8) is 0 Å². The predicted molar refractivity (Wildman–Crippen MR) is 72.6 cm³/mol. The summed E-state index contributed by atoms with van der Waals surface area (Å²) in [6.07, 6.45) is 0.690. The van der Waals surface area contributed by atoms with Gasteiger partial charge in [-0.15, -0.1) is 0 Å². The molecule has 3 N–H and O–H groups in total. The standard InChI is InChI=1S/C12H18N2O4S/c1-3-9(8-12(15)16)14-10-4-6-11(7-5-10)19(17,18)13-2/h4-7,9,13-14H,3,8H2,1-2H3,(H,15,16). The Morgan fingerprint density at radius 1 is 1.32 bits per heavy atom. The molecular formula is C12H18N2O4S. The Labute approximate surface area is 112 Å². The summed E-state index contributed by atoms with van der Waals surface area (Å²) in [4.78, 5) is 10.8. The first-order valence-corrected chi connectivity index (χ1v) is 7.39. The summed E-state index contributed by atoms with van der Waals surface area (Å²) in [7, 11) is -2.09. The molecule has 0 aromatic heterocycles. The fourth-order valence-corrected chi connectivity index (χ4v) is 2.32. The molecule has 19 heavy (non-hydrogen) atoms. The van der Waals surface area contributed by atoms with Gasteiger partial charge in [0.2, 0.25) is 10.0 Å². The molecule has 0 spiro atoms. The van der Waals surface area contributed by atoms with Gasteiger partial charge in [-0.3, -0.25) is 4.79 Å². The highest BCUT2D eigenvalue weighted by Crippen LogP contribution is 2.16. The van der Waals surface area contributed by atoms with Gasteiger partial charge in [-0.1, -0.05) is 6.92 Å². The van der Waals surface area contributed by atoms with Crippen LogP contribution in [0.2, 0.25) is 0 Å². The van der Waals surface area contributed by atoms with Crippen LogP contribution in [0.25, 0.3) is 0 Å². The lowest BCUT2D eigenvalue weighted by Gasteiger charge is -2.16. The maximum Gasteiger partial charge on any atom is 0.305 e. The Bertz CT molecular complexity index is 525. The van der Waals surface area contributed by atoms with E-state index >= 15 is 0 Å². The number of hydrogen-bond acceptors (Lipinski definition) is 4. The summed E-state index contributed by atoms with van der Waals surface area (Å²) in [6.45, 7) is 1.89. The van der Waals surface area contributed by atoms with Crippen molar-refractivity contribution in [2.45, 2.75) is 30.7 Å². The normalized spacial score (nSPS) is 12.9. The van der Waals surface area contributed by atoms with Crippen molar-refractivity contribution < 1.29 is 18.3 Å². The van der Waals surface area contributed by atoms with E-state index in [4.69, 9.17) is 5.11 Å². The molecule has 106 valence electrons. The molecule has 1 rings (SSSR count). The van der Waals surface area contributed by atoms with Gasteiger partial charge in [-0.05, 0) is 37.7 Å². The first-order chi connectivity index (χ1) is 8.89. The van der Waals surface area contributed by atoms with Crippen molar-refractivity contribution in [3.8, 4) is 0 Å². The van der Waals surface area contributed by atoms with Gasteiger partial charge in [0.05, 0.1) is 11.3 Å². The predicted octanol–water partition coefficient (Wildman–Crippen LogP) is 1.26. The molecule has 1 aromatic rings. The Kier molecular flexibility index (Phi) is 5.31. The van der Waals surface area contributed by atoms with Crippen LogP contribution in [0.5, 0.6) is 0 Å². The molecule has 0 radical (unpaired) electrons. The second-order valence-electron chi connectivity index (χ2n) is 4.08. The van der Waals surface area contributed by atoms with E-state index in [1.54, 1.807) is 12.1 Å². The van der Waals surface area contributed by atoms with Crippen LogP contribution in [0.1, 0.15) is 19.8 Å². The molecular weight excluding hydrogens is 268 g/mol. The summed E-state index contributed by atoms with van der Waals surface area (Å²) in [5.41, 5.74) is 0.697. The monoisotopic (exact) mass is 286 g/mol. The molecule has 0 heterocycles. The van der Waals surface area contributed by atoms with Gasteiger partial charge in [0.25, 0.3) is 0 Å². The van der Waals surface area contributed by atoms with E-state index in [0.29, 0.717) is 12.1 Å². The Morgan fingerprint density at radius 2 is 1.89 bits per heavy atom. The van der Waals surface area contributed by atoms with Crippen LogP contribution in [0.4, 0.5) is 5.69 Å². The number of carboxylic acid groups (broad SMARTS) is 1. The molecule has 0 fully saturated rings.